The summed E-state index contributed by atoms with van der Waals surface area (Å²) in [7, 11) is 0. The molecule has 0 amide bonds. The third kappa shape index (κ3) is 3.86. The van der Waals surface area contributed by atoms with E-state index in [2.05, 4.69) is 39.6 Å². The average Bonchev–Trinajstić information content (AvgIpc) is 2.56. The van der Waals surface area contributed by atoms with Crippen LogP contribution in [-0.4, -0.2) is 6.04 Å². The van der Waals surface area contributed by atoms with Gasteiger partial charge < -0.3 is 5.32 Å². The van der Waals surface area contributed by atoms with E-state index in [4.69, 9.17) is 0 Å². The number of halogens is 1. The van der Waals surface area contributed by atoms with Crippen molar-refractivity contribution in [3.63, 3.8) is 0 Å². The van der Waals surface area contributed by atoms with Crippen LogP contribution >= 0.6 is 27.3 Å². The summed E-state index contributed by atoms with van der Waals surface area (Å²) in [6, 6.07) is 2.96. The zero-order valence-electron chi connectivity index (χ0n) is 9.84. The Balaban J connectivity index is 1.77. The van der Waals surface area contributed by atoms with E-state index in [9.17, 15) is 0 Å². The molecule has 2 unspecified atom stereocenters. The minimum atomic E-state index is 0.739. The molecule has 0 spiro atoms. The lowest BCUT2D eigenvalue weighted by atomic mass is 10.0. The zero-order valence-corrected chi connectivity index (χ0v) is 12.2. The summed E-state index contributed by atoms with van der Waals surface area (Å²) < 4.78 is 1.23. The SMILES string of the molecule is CC1CCCC(NCc2csc(Br)c2)CC1. The molecule has 90 valence electrons. The minimum absolute atomic E-state index is 0.739. The highest BCUT2D eigenvalue weighted by molar-refractivity contribution is 9.11. The van der Waals surface area contributed by atoms with Crippen molar-refractivity contribution >= 4 is 27.3 Å². The molecule has 1 aromatic heterocycles. The number of hydrogen-bond acceptors (Lipinski definition) is 2. The first-order chi connectivity index (χ1) is 7.74. The molecule has 0 radical (unpaired) electrons. The van der Waals surface area contributed by atoms with Gasteiger partial charge in [0.1, 0.15) is 0 Å². The van der Waals surface area contributed by atoms with E-state index in [0.29, 0.717) is 0 Å². The van der Waals surface area contributed by atoms with Crippen LogP contribution in [0.5, 0.6) is 0 Å². The van der Waals surface area contributed by atoms with Gasteiger partial charge in [0.05, 0.1) is 3.79 Å². The van der Waals surface area contributed by atoms with Crippen molar-refractivity contribution in [2.45, 2.75) is 51.6 Å². The summed E-state index contributed by atoms with van der Waals surface area (Å²) in [4.78, 5) is 0. The highest BCUT2D eigenvalue weighted by Gasteiger charge is 2.15. The van der Waals surface area contributed by atoms with Gasteiger partial charge in [-0.05, 0) is 58.1 Å². The van der Waals surface area contributed by atoms with Crippen LogP contribution in [0.2, 0.25) is 0 Å². The smallest absolute Gasteiger partial charge is 0.0701 e. The van der Waals surface area contributed by atoms with E-state index in [1.807, 2.05) is 0 Å². The van der Waals surface area contributed by atoms with Gasteiger partial charge in [0.2, 0.25) is 0 Å². The van der Waals surface area contributed by atoms with Crippen molar-refractivity contribution in [3.05, 3.63) is 20.8 Å². The Kier molecular flexibility index (Phi) is 4.86. The van der Waals surface area contributed by atoms with Crippen LogP contribution in [0, 0.1) is 5.92 Å². The van der Waals surface area contributed by atoms with E-state index in [-0.39, 0.29) is 0 Å². The maximum absolute atomic E-state index is 3.70. The normalized spacial score (nSPS) is 26.6. The van der Waals surface area contributed by atoms with E-state index < -0.39 is 0 Å². The quantitative estimate of drug-likeness (QED) is 0.807. The van der Waals surface area contributed by atoms with Crippen LogP contribution in [0.15, 0.2) is 15.2 Å². The van der Waals surface area contributed by atoms with E-state index in [1.54, 1.807) is 11.3 Å². The predicted molar refractivity (Wildman–Crippen MR) is 74.9 cm³/mol. The largest absolute Gasteiger partial charge is 0.310 e. The molecule has 1 heterocycles. The third-order valence-corrected chi connectivity index (χ3v) is 5.03. The predicted octanol–water partition coefficient (Wildman–Crippen LogP) is 4.57. The molecule has 0 aromatic carbocycles. The van der Waals surface area contributed by atoms with Crippen LogP contribution in [0.3, 0.4) is 0 Å². The maximum atomic E-state index is 3.70. The molecule has 0 saturated heterocycles. The fraction of sp³-hybridized carbons (Fsp3) is 0.692. The van der Waals surface area contributed by atoms with Crippen LogP contribution < -0.4 is 5.32 Å². The summed E-state index contributed by atoms with van der Waals surface area (Å²) in [6.45, 7) is 3.42. The molecule has 1 aromatic rings. The lowest BCUT2D eigenvalue weighted by molar-refractivity contribution is 0.447. The molecule has 0 aliphatic heterocycles. The lowest BCUT2D eigenvalue weighted by Gasteiger charge is -2.15. The Labute approximate surface area is 111 Å². The molecule has 2 rings (SSSR count). The summed E-state index contributed by atoms with van der Waals surface area (Å²) >= 11 is 5.28. The van der Waals surface area contributed by atoms with Gasteiger partial charge in [-0.15, -0.1) is 11.3 Å². The molecule has 3 heteroatoms. The van der Waals surface area contributed by atoms with Gasteiger partial charge >= 0.3 is 0 Å². The van der Waals surface area contributed by atoms with Crippen molar-refractivity contribution in [1.82, 2.24) is 5.32 Å². The number of nitrogens with one attached hydrogen (secondary N) is 1. The highest BCUT2D eigenvalue weighted by atomic mass is 79.9. The van der Waals surface area contributed by atoms with Crippen molar-refractivity contribution in [1.29, 1.82) is 0 Å². The van der Waals surface area contributed by atoms with Gasteiger partial charge in [0, 0.05) is 12.6 Å². The molecule has 16 heavy (non-hydrogen) atoms. The second-order valence-electron chi connectivity index (χ2n) is 4.95. The van der Waals surface area contributed by atoms with Gasteiger partial charge in [-0.2, -0.15) is 0 Å². The fourth-order valence-electron chi connectivity index (χ4n) is 2.39. The first-order valence-electron chi connectivity index (χ1n) is 6.20. The molecular weight excluding hydrogens is 282 g/mol. The highest BCUT2D eigenvalue weighted by Crippen LogP contribution is 2.24. The first-order valence-corrected chi connectivity index (χ1v) is 7.87. The first kappa shape index (κ1) is 12.6. The second-order valence-corrected chi connectivity index (χ2v) is 7.24. The molecule has 2 atom stereocenters. The lowest BCUT2D eigenvalue weighted by Crippen LogP contribution is -2.27. The van der Waals surface area contributed by atoms with Crippen LogP contribution in [-0.2, 0) is 6.54 Å². The van der Waals surface area contributed by atoms with Gasteiger partial charge in [0.15, 0.2) is 0 Å². The molecule has 1 nitrogen and oxygen atoms in total. The Bertz CT molecular complexity index is 323. The van der Waals surface area contributed by atoms with Crippen molar-refractivity contribution < 1.29 is 0 Å². The van der Waals surface area contributed by atoms with E-state index >= 15 is 0 Å². The Morgan fingerprint density at radius 2 is 2.25 bits per heavy atom. The monoisotopic (exact) mass is 301 g/mol. The summed E-state index contributed by atoms with van der Waals surface area (Å²) in [5.74, 6) is 0.932. The maximum Gasteiger partial charge on any atom is 0.0701 e. The Hall–Kier alpha value is 0.140. The molecule has 1 aliphatic carbocycles. The second kappa shape index (κ2) is 6.18. The Morgan fingerprint density at radius 3 is 3.00 bits per heavy atom. The molecular formula is C13H20BrNS. The molecule has 1 aliphatic rings. The molecule has 0 bridgehead atoms. The van der Waals surface area contributed by atoms with E-state index in [0.717, 1.165) is 18.5 Å². The summed E-state index contributed by atoms with van der Waals surface area (Å²) in [5.41, 5.74) is 1.41. The zero-order chi connectivity index (χ0) is 11.4. The minimum Gasteiger partial charge on any atom is -0.310 e. The topological polar surface area (TPSA) is 12.0 Å². The van der Waals surface area contributed by atoms with Gasteiger partial charge in [-0.1, -0.05) is 19.8 Å². The molecule has 1 N–H and O–H groups in total. The van der Waals surface area contributed by atoms with Crippen molar-refractivity contribution in [2.24, 2.45) is 5.92 Å². The van der Waals surface area contributed by atoms with Crippen molar-refractivity contribution in [3.8, 4) is 0 Å². The van der Waals surface area contributed by atoms with Gasteiger partial charge in [0.25, 0.3) is 0 Å². The third-order valence-electron chi connectivity index (χ3n) is 3.47. The van der Waals surface area contributed by atoms with Gasteiger partial charge in [-0.3, -0.25) is 0 Å². The van der Waals surface area contributed by atoms with Crippen LogP contribution in [0.4, 0.5) is 0 Å². The number of rotatable bonds is 3. The van der Waals surface area contributed by atoms with Crippen LogP contribution in [0.1, 0.15) is 44.6 Å². The Morgan fingerprint density at radius 1 is 1.38 bits per heavy atom. The standard InChI is InChI=1S/C13H20BrNS/c1-10-3-2-4-12(6-5-10)15-8-11-7-13(14)16-9-11/h7,9-10,12,15H,2-6,8H2,1H3. The number of thiophene rings is 1. The fourth-order valence-corrected chi connectivity index (χ4v) is 3.60. The molecule has 1 saturated carbocycles. The molecule has 1 fully saturated rings. The van der Waals surface area contributed by atoms with Crippen LogP contribution in [0.25, 0.3) is 0 Å². The number of hydrogen-bond donors (Lipinski definition) is 1. The van der Waals surface area contributed by atoms with Crippen molar-refractivity contribution in [2.75, 3.05) is 0 Å². The van der Waals surface area contributed by atoms with E-state index in [1.165, 1.54) is 41.5 Å². The average molecular weight is 302 g/mol. The summed E-state index contributed by atoms with van der Waals surface area (Å²) in [5, 5.41) is 5.93. The van der Waals surface area contributed by atoms with Gasteiger partial charge in [-0.25, -0.2) is 0 Å². The summed E-state index contributed by atoms with van der Waals surface area (Å²) in [6.07, 6.45) is 6.92.